The molecule has 0 spiro atoms. The van der Waals surface area contributed by atoms with Gasteiger partial charge in [0, 0.05) is 32.6 Å². The van der Waals surface area contributed by atoms with E-state index < -0.39 is 18.2 Å². The van der Waals surface area contributed by atoms with Gasteiger partial charge in [0.25, 0.3) is 0 Å². The zero-order chi connectivity index (χ0) is 25.6. The summed E-state index contributed by atoms with van der Waals surface area (Å²) < 4.78 is 14.9. The average Bonchev–Trinajstić information content (AvgIpc) is 2.82. The highest BCUT2D eigenvalue weighted by molar-refractivity contribution is 5.81. The van der Waals surface area contributed by atoms with Crippen molar-refractivity contribution >= 4 is 24.1 Å². The van der Waals surface area contributed by atoms with Gasteiger partial charge in [0.2, 0.25) is 5.91 Å². The first-order chi connectivity index (χ1) is 16.3. The van der Waals surface area contributed by atoms with Crippen LogP contribution >= 0.6 is 0 Å². The van der Waals surface area contributed by atoms with Crippen molar-refractivity contribution in [3.8, 4) is 0 Å². The Morgan fingerprint density at radius 1 is 0.853 bits per heavy atom. The lowest BCUT2D eigenvalue weighted by Crippen LogP contribution is -2.42. The largest absolute Gasteiger partial charge is 0.469 e. The molecule has 0 aromatic carbocycles. The lowest BCUT2D eigenvalue weighted by molar-refractivity contribution is -0.140. The Kier molecular flexibility index (Phi) is 19.4. The molecule has 4 N–H and O–H groups in total. The van der Waals surface area contributed by atoms with Gasteiger partial charge < -0.3 is 35.5 Å². The second-order valence-electron chi connectivity index (χ2n) is 7.94. The Hall–Kier alpha value is -2.56. The number of nitrogens with one attached hydrogen (secondary N) is 2. The molecule has 0 rings (SSSR count). The molecule has 0 radical (unpaired) electrons. The van der Waals surface area contributed by atoms with Crippen molar-refractivity contribution in [2.24, 2.45) is 5.73 Å². The number of hydrogen-bond donors (Lipinski definition) is 3. The maximum absolute atomic E-state index is 12.4. The Balaban J connectivity index is 4.37. The molecule has 0 aromatic heterocycles. The summed E-state index contributed by atoms with van der Waals surface area (Å²) in [5, 5.41) is 5.37. The number of esters is 1. The zero-order valence-electron chi connectivity index (χ0n) is 21.1. The van der Waals surface area contributed by atoms with E-state index in [0.717, 1.165) is 25.7 Å². The second-order valence-corrected chi connectivity index (χ2v) is 7.94. The molecule has 3 amide bonds. The summed E-state index contributed by atoms with van der Waals surface area (Å²) in [6, 6.07) is -0.712. The van der Waals surface area contributed by atoms with Gasteiger partial charge in [0.1, 0.15) is 0 Å². The van der Waals surface area contributed by atoms with Gasteiger partial charge in [-0.3, -0.25) is 9.59 Å². The molecule has 0 fully saturated rings. The van der Waals surface area contributed by atoms with Crippen molar-refractivity contribution in [3.63, 3.8) is 0 Å². The molecule has 1 unspecified atom stereocenters. The van der Waals surface area contributed by atoms with E-state index in [1.165, 1.54) is 7.11 Å². The van der Waals surface area contributed by atoms with Gasteiger partial charge in [-0.25, -0.2) is 9.59 Å². The van der Waals surface area contributed by atoms with E-state index in [-0.39, 0.29) is 18.3 Å². The van der Waals surface area contributed by atoms with Crippen LogP contribution in [0.1, 0.15) is 71.6 Å². The van der Waals surface area contributed by atoms with Crippen LogP contribution in [-0.2, 0) is 23.8 Å². The number of methoxy groups -OCH3 is 1. The molecule has 0 aliphatic rings. The van der Waals surface area contributed by atoms with Crippen molar-refractivity contribution in [2.45, 2.75) is 77.7 Å². The molecule has 0 heterocycles. The smallest absolute Gasteiger partial charge is 0.409 e. The Labute approximate surface area is 203 Å². The van der Waals surface area contributed by atoms with Crippen molar-refractivity contribution < 1.29 is 33.4 Å². The van der Waals surface area contributed by atoms with E-state index in [2.05, 4.69) is 15.4 Å². The van der Waals surface area contributed by atoms with Crippen LogP contribution in [0, 0.1) is 0 Å². The van der Waals surface area contributed by atoms with Gasteiger partial charge in [-0.15, -0.1) is 0 Å². The average molecular weight is 489 g/mol. The predicted octanol–water partition coefficient (Wildman–Crippen LogP) is 2.32. The second kappa shape index (κ2) is 21.0. The minimum atomic E-state index is -0.712. The van der Waals surface area contributed by atoms with Crippen LogP contribution in [0.2, 0.25) is 0 Å². The molecule has 11 nitrogen and oxygen atoms in total. The van der Waals surface area contributed by atoms with Gasteiger partial charge >= 0.3 is 18.2 Å². The summed E-state index contributed by atoms with van der Waals surface area (Å²) >= 11 is 0. The molecule has 0 aliphatic heterocycles. The Morgan fingerprint density at radius 2 is 1.47 bits per heavy atom. The van der Waals surface area contributed by atoms with Crippen molar-refractivity contribution in [1.82, 2.24) is 15.5 Å². The fraction of sp³-hybridized carbons (Fsp3) is 0.826. The van der Waals surface area contributed by atoms with Crippen molar-refractivity contribution in [2.75, 3.05) is 46.5 Å². The van der Waals surface area contributed by atoms with Crippen LogP contribution in [0.5, 0.6) is 0 Å². The van der Waals surface area contributed by atoms with Crippen LogP contribution in [0.4, 0.5) is 9.59 Å². The molecule has 0 bridgehead atoms. The third-order valence-corrected chi connectivity index (χ3v) is 4.95. The van der Waals surface area contributed by atoms with Crippen LogP contribution < -0.4 is 16.4 Å². The first-order valence-corrected chi connectivity index (χ1v) is 12.3. The highest BCUT2D eigenvalue weighted by atomic mass is 16.6. The lowest BCUT2D eigenvalue weighted by atomic mass is 10.1. The number of rotatable bonds is 19. The normalized spacial score (nSPS) is 11.3. The number of nitrogens with zero attached hydrogens (tertiary/aromatic N) is 1. The fourth-order valence-electron chi connectivity index (χ4n) is 2.82. The van der Waals surface area contributed by atoms with Crippen LogP contribution in [0.15, 0.2) is 0 Å². The molecule has 0 saturated carbocycles. The standard InChI is InChI=1S/C23H44N4O7/c1-4-6-17-33-22(30)26-14-10-16-27(23(31)34-18-7-5-2)15-9-11-19(24)21(29)25-13-8-12-20(28)32-3/h19H,4-18,24H2,1-3H3,(H,25,29)(H,26,30). The van der Waals surface area contributed by atoms with Crippen molar-refractivity contribution in [3.05, 3.63) is 0 Å². The highest BCUT2D eigenvalue weighted by Gasteiger charge is 2.17. The monoisotopic (exact) mass is 488 g/mol. The highest BCUT2D eigenvalue weighted by Crippen LogP contribution is 2.04. The van der Waals surface area contributed by atoms with Gasteiger partial charge in [-0.1, -0.05) is 26.7 Å². The van der Waals surface area contributed by atoms with Gasteiger partial charge in [0.05, 0.1) is 26.4 Å². The number of carbonyl (C=O) groups is 4. The molecule has 0 aromatic rings. The van der Waals surface area contributed by atoms with E-state index in [0.29, 0.717) is 65.1 Å². The van der Waals surface area contributed by atoms with E-state index >= 15 is 0 Å². The van der Waals surface area contributed by atoms with Crippen LogP contribution in [-0.4, -0.2) is 81.5 Å². The zero-order valence-corrected chi connectivity index (χ0v) is 21.1. The van der Waals surface area contributed by atoms with Gasteiger partial charge in [-0.2, -0.15) is 0 Å². The predicted molar refractivity (Wildman–Crippen MR) is 128 cm³/mol. The number of hydrogen-bond acceptors (Lipinski definition) is 8. The minimum absolute atomic E-state index is 0.229. The summed E-state index contributed by atoms with van der Waals surface area (Å²) in [4.78, 5) is 48.8. The molecular weight excluding hydrogens is 444 g/mol. The van der Waals surface area contributed by atoms with E-state index in [1.807, 2.05) is 13.8 Å². The fourth-order valence-corrected chi connectivity index (χ4v) is 2.82. The maximum Gasteiger partial charge on any atom is 0.409 e. The van der Waals surface area contributed by atoms with Crippen LogP contribution in [0.25, 0.3) is 0 Å². The molecule has 0 aliphatic carbocycles. The molecule has 198 valence electrons. The molecule has 34 heavy (non-hydrogen) atoms. The van der Waals surface area contributed by atoms with Crippen LogP contribution in [0.3, 0.4) is 0 Å². The van der Waals surface area contributed by atoms with Gasteiger partial charge in [-0.05, 0) is 38.5 Å². The Morgan fingerprint density at radius 3 is 2.12 bits per heavy atom. The van der Waals surface area contributed by atoms with Gasteiger partial charge in [0.15, 0.2) is 0 Å². The number of unbranched alkanes of at least 4 members (excludes halogenated alkanes) is 2. The van der Waals surface area contributed by atoms with E-state index in [1.54, 1.807) is 4.90 Å². The van der Waals surface area contributed by atoms with E-state index in [9.17, 15) is 19.2 Å². The SMILES string of the molecule is CCCCOC(=O)NCCCN(CCCC(N)C(=O)NCCCC(=O)OC)C(=O)OCCCC. The molecular formula is C23H44N4O7. The summed E-state index contributed by atoms with van der Waals surface area (Å²) in [6.45, 7) is 6.26. The van der Waals surface area contributed by atoms with Crippen molar-refractivity contribution in [1.29, 1.82) is 0 Å². The third-order valence-electron chi connectivity index (χ3n) is 4.95. The lowest BCUT2D eigenvalue weighted by Gasteiger charge is -2.23. The summed E-state index contributed by atoms with van der Waals surface area (Å²) in [5.41, 5.74) is 5.95. The Bertz CT molecular complexity index is 590. The first kappa shape index (κ1) is 31.4. The summed E-state index contributed by atoms with van der Waals surface area (Å²) in [6.07, 6.45) is 4.74. The number of amides is 3. The summed E-state index contributed by atoms with van der Waals surface area (Å²) in [5.74, 6) is -0.624. The topological polar surface area (TPSA) is 149 Å². The maximum atomic E-state index is 12.4. The number of carbonyl (C=O) groups excluding carboxylic acids is 4. The van der Waals surface area contributed by atoms with E-state index in [4.69, 9.17) is 15.2 Å². The molecule has 11 heteroatoms. The molecule has 1 atom stereocenters. The quantitative estimate of drug-likeness (QED) is 0.142. The number of nitrogens with two attached hydrogens (primary N) is 1. The molecule has 0 saturated heterocycles. The number of ether oxygens (including phenoxy) is 3. The third kappa shape index (κ3) is 17.0. The number of alkyl carbamates (subject to hydrolysis) is 1. The minimum Gasteiger partial charge on any atom is -0.469 e. The first-order valence-electron chi connectivity index (χ1n) is 12.3. The summed E-state index contributed by atoms with van der Waals surface area (Å²) in [7, 11) is 1.32.